The van der Waals surface area contributed by atoms with Crippen LogP contribution in [0.5, 0.6) is 5.75 Å². The van der Waals surface area contributed by atoms with Gasteiger partial charge in [0.2, 0.25) is 11.7 Å². The first kappa shape index (κ1) is 19.4. The zero-order valence-corrected chi connectivity index (χ0v) is 15.4. The van der Waals surface area contributed by atoms with Crippen molar-refractivity contribution in [1.29, 1.82) is 0 Å². The molecule has 3 rings (SSSR count). The lowest BCUT2D eigenvalue weighted by Crippen LogP contribution is -2.30. The van der Waals surface area contributed by atoms with E-state index in [9.17, 15) is 13.6 Å². The smallest absolute Gasteiger partial charge is 0.387 e. The van der Waals surface area contributed by atoms with Crippen molar-refractivity contribution in [2.75, 3.05) is 7.05 Å². The lowest BCUT2D eigenvalue weighted by Gasteiger charge is -2.17. The van der Waals surface area contributed by atoms with Crippen molar-refractivity contribution in [3.05, 3.63) is 59.7 Å². The Balaban J connectivity index is 1.59. The number of ether oxygens (including phenoxy) is 1. The largest absolute Gasteiger partial charge is 0.435 e. The molecule has 1 heterocycles. The van der Waals surface area contributed by atoms with Gasteiger partial charge in [-0.3, -0.25) is 4.79 Å². The fourth-order valence-corrected chi connectivity index (χ4v) is 2.62. The molecule has 0 spiro atoms. The van der Waals surface area contributed by atoms with E-state index in [1.807, 2.05) is 31.2 Å². The summed E-state index contributed by atoms with van der Waals surface area (Å²) >= 11 is 0. The molecule has 7 nitrogen and oxygen atoms in total. The molecule has 1 amide bonds. The Morgan fingerprint density at radius 2 is 1.89 bits per heavy atom. The van der Waals surface area contributed by atoms with Crippen LogP contribution >= 0.6 is 0 Å². The number of aromatic nitrogens is 4. The number of benzene rings is 2. The van der Waals surface area contributed by atoms with Crippen molar-refractivity contribution >= 4 is 5.91 Å². The lowest BCUT2D eigenvalue weighted by molar-refractivity contribution is -0.131. The summed E-state index contributed by atoms with van der Waals surface area (Å²) in [6, 6.07) is 13.8. The Bertz CT molecular complexity index is 944. The number of aryl methyl sites for hydroxylation is 1. The number of amides is 1. The van der Waals surface area contributed by atoms with Gasteiger partial charge >= 0.3 is 6.61 Å². The average molecular weight is 387 g/mol. The molecule has 3 aromatic rings. The van der Waals surface area contributed by atoms with E-state index in [1.165, 1.54) is 21.8 Å². The van der Waals surface area contributed by atoms with E-state index >= 15 is 0 Å². The number of carbonyl (C=O) groups is 1. The van der Waals surface area contributed by atoms with Crippen LogP contribution in [0, 0.1) is 6.92 Å². The molecule has 0 fully saturated rings. The van der Waals surface area contributed by atoms with Crippen LogP contribution in [0.25, 0.3) is 11.4 Å². The normalized spacial score (nSPS) is 10.9. The van der Waals surface area contributed by atoms with Gasteiger partial charge in [0.25, 0.3) is 0 Å². The number of hydrogen-bond donors (Lipinski definition) is 0. The van der Waals surface area contributed by atoms with Gasteiger partial charge in [0, 0.05) is 19.2 Å². The Morgan fingerprint density at radius 1 is 1.18 bits per heavy atom. The lowest BCUT2D eigenvalue weighted by atomic mass is 10.1. The molecule has 0 aliphatic heterocycles. The van der Waals surface area contributed by atoms with Crippen LogP contribution < -0.4 is 4.74 Å². The number of rotatable bonds is 7. The van der Waals surface area contributed by atoms with E-state index < -0.39 is 6.61 Å². The van der Waals surface area contributed by atoms with Gasteiger partial charge in [-0.15, -0.1) is 10.2 Å². The molecule has 0 aliphatic rings. The minimum Gasteiger partial charge on any atom is -0.435 e. The van der Waals surface area contributed by atoms with E-state index in [4.69, 9.17) is 0 Å². The molecular formula is C19H19F2N5O2. The third-order valence-corrected chi connectivity index (χ3v) is 4.11. The molecule has 0 unspecified atom stereocenters. The minimum atomic E-state index is -2.87. The number of tetrazole rings is 1. The summed E-state index contributed by atoms with van der Waals surface area (Å²) in [6.45, 7) is -0.656. The Kier molecular flexibility index (Phi) is 5.93. The number of alkyl halides is 2. The summed E-state index contributed by atoms with van der Waals surface area (Å²) < 4.78 is 28.7. The molecule has 0 bridgehead atoms. The van der Waals surface area contributed by atoms with E-state index in [0.29, 0.717) is 12.4 Å². The monoisotopic (exact) mass is 387 g/mol. The van der Waals surface area contributed by atoms with Crippen molar-refractivity contribution in [2.45, 2.75) is 26.6 Å². The van der Waals surface area contributed by atoms with E-state index in [0.717, 1.165) is 16.7 Å². The summed E-state index contributed by atoms with van der Waals surface area (Å²) in [6.07, 6.45) is 0. The fraction of sp³-hybridized carbons (Fsp3) is 0.263. The molecule has 1 aromatic heterocycles. The Labute approximate surface area is 160 Å². The molecule has 146 valence electrons. The van der Waals surface area contributed by atoms with Crippen LogP contribution in [0.15, 0.2) is 48.5 Å². The van der Waals surface area contributed by atoms with Crippen molar-refractivity contribution in [3.8, 4) is 17.1 Å². The van der Waals surface area contributed by atoms with Crippen molar-refractivity contribution in [2.24, 2.45) is 0 Å². The van der Waals surface area contributed by atoms with Crippen molar-refractivity contribution in [1.82, 2.24) is 25.1 Å². The maximum Gasteiger partial charge on any atom is 0.387 e. The summed E-state index contributed by atoms with van der Waals surface area (Å²) in [5.41, 5.74) is 2.66. The highest BCUT2D eigenvalue weighted by Crippen LogP contribution is 2.18. The van der Waals surface area contributed by atoms with Gasteiger partial charge in [0.05, 0.1) is 0 Å². The topological polar surface area (TPSA) is 73.1 Å². The van der Waals surface area contributed by atoms with E-state index in [2.05, 4.69) is 20.1 Å². The highest BCUT2D eigenvalue weighted by atomic mass is 19.3. The maximum absolute atomic E-state index is 12.4. The molecular weight excluding hydrogens is 368 g/mol. The third-order valence-electron chi connectivity index (χ3n) is 4.11. The van der Waals surface area contributed by atoms with Crippen molar-refractivity contribution < 1.29 is 18.3 Å². The van der Waals surface area contributed by atoms with Gasteiger partial charge in [-0.1, -0.05) is 36.4 Å². The number of likely N-dealkylation sites (N-methyl/N-ethyl adjacent to an activating group) is 1. The standard InChI is InChI=1S/C19H19F2N5O2/c1-13-5-3-4-6-16(13)18-22-24-26(23-18)12-17(27)25(2)11-14-7-9-15(10-8-14)28-19(20)21/h3-10,19H,11-12H2,1-2H3. The summed E-state index contributed by atoms with van der Waals surface area (Å²) in [4.78, 5) is 15.2. The number of hydrogen-bond acceptors (Lipinski definition) is 5. The van der Waals surface area contributed by atoms with Gasteiger partial charge in [0.1, 0.15) is 12.3 Å². The second kappa shape index (κ2) is 8.55. The highest BCUT2D eigenvalue weighted by Gasteiger charge is 2.14. The molecule has 0 N–H and O–H groups in total. The maximum atomic E-state index is 12.4. The van der Waals surface area contributed by atoms with Crippen LogP contribution in [0.4, 0.5) is 8.78 Å². The minimum absolute atomic E-state index is 0.0536. The van der Waals surface area contributed by atoms with Crippen LogP contribution in [0.2, 0.25) is 0 Å². The van der Waals surface area contributed by atoms with Crippen LogP contribution in [-0.2, 0) is 17.9 Å². The molecule has 0 radical (unpaired) electrons. The average Bonchev–Trinajstić information content (AvgIpc) is 3.11. The SMILES string of the molecule is Cc1ccccc1-c1nnn(CC(=O)N(C)Cc2ccc(OC(F)F)cc2)n1. The Hall–Kier alpha value is -3.36. The Morgan fingerprint density at radius 3 is 2.57 bits per heavy atom. The van der Waals surface area contributed by atoms with Crippen molar-refractivity contribution in [3.63, 3.8) is 0 Å². The van der Waals surface area contributed by atoms with Gasteiger partial charge in [0.15, 0.2) is 0 Å². The zero-order valence-electron chi connectivity index (χ0n) is 15.4. The second-order valence-electron chi connectivity index (χ2n) is 6.23. The zero-order chi connectivity index (χ0) is 20.1. The van der Waals surface area contributed by atoms with E-state index in [1.54, 1.807) is 19.2 Å². The summed E-state index contributed by atoms with van der Waals surface area (Å²) in [5.74, 6) is 0.327. The molecule has 28 heavy (non-hydrogen) atoms. The molecule has 0 aliphatic carbocycles. The molecule has 0 saturated carbocycles. The van der Waals surface area contributed by atoms with Crippen LogP contribution in [0.1, 0.15) is 11.1 Å². The first-order valence-corrected chi connectivity index (χ1v) is 8.54. The summed E-state index contributed by atoms with van der Waals surface area (Å²) in [7, 11) is 1.64. The van der Waals surface area contributed by atoms with Gasteiger partial charge in [-0.25, -0.2) is 0 Å². The van der Waals surface area contributed by atoms with Gasteiger partial charge < -0.3 is 9.64 Å². The fourth-order valence-electron chi connectivity index (χ4n) is 2.62. The summed E-state index contributed by atoms with van der Waals surface area (Å²) in [5, 5.41) is 12.2. The predicted molar refractivity (Wildman–Crippen MR) is 97.5 cm³/mol. The van der Waals surface area contributed by atoms with Gasteiger partial charge in [-0.2, -0.15) is 13.6 Å². The molecule has 0 saturated heterocycles. The number of halogens is 2. The number of carbonyl (C=O) groups excluding carboxylic acids is 1. The molecule has 9 heteroatoms. The number of nitrogens with zero attached hydrogens (tertiary/aromatic N) is 5. The third kappa shape index (κ3) is 4.87. The quantitative estimate of drug-likeness (QED) is 0.623. The van der Waals surface area contributed by atoms with Crippen LogP contribution in [-0.4, -0.2) is 44.7 Å². The molecule has 2 aromatic carbocycles. The van der Waals surface area contributed by atoms with Crippen LogP contribution in [0.3, 0.4) is 0 Å². The first-order chi connectivity index (χ1) is 13.4. The predicted octanol–water partition coefficient (Wildman–Crippen LogP) is 2.91. The van der Waals surface area contributed by atoms with E-state index in [-0.39, 0.29) is 18.2 Å². The second-order valence-corrected chi connectivity index (χ2v) is 6.23. The highest BCUT2D eigenvalue weighted by molar-refractivity contribution is 5.75. The first-order valence-electron chi connectivity index (χ1n) is 8.54. The van der Waals surface area contributed by atoms with Gasteiger partial charge in [-0.05, 0) is 35.4 Å². The molecule has 0 atom stereocenters.